The van der Waals surface area contributed by atoms with Crippen LogP contribution in [0, 0.1) is 0 Å². The van der Waals surface area contributed by atoms with E-state index < -0.39 is 0 Å². The van der Waals surface area contributed by atoms with Crippen LogP contribution in [0.2, 0.25) is 0 Å². The van der Waals surface area contributed by atoms with Crippen molar-refractivity contribution >= 4 is 0 Å². The smallest absolute Gasteiger partial charge is 0.119 e. The van der Waals surface area contributed by atoms with E-state index in [1.165, 1.54) is 11.1 Å². The van der Waals surface area contributed by atoms with Gasteiger partial charge >= 0.3 is 0 Å². The maximum atomic E-state index is 5.45. The molecule has 0 amide bonds. The third-order valence-electron chi connectivity index (χ3n) is 3.44. The number of nitrogens with one attached hydrogen (secondary N) is 1. The van der Waals surface area contributed by atoms with Crippen molar-refractivity contribution in [1.82, 2.24) is 5.32 Å². The van der Waals surface area contributed by atoms with E-state index in [1.54, 1.807) is 7.11 Å². The molecular formula is C18H23NO2. The zero-order chi connectivity index (χ0) is 15.1. The van der Waals surface area contributed by atoms with Gasteiger partial charge in [0.1, 0.15) is 11.5 Å². The van der Waals surface area contributed by atoms with Crippen LogP contribution in [0.1, 0.15) is 31.0 Å². The van der Waals surface area contributed by atoms with Crippen LogP contribution in [0.4, 0.5) is 0 Å². The molecule has 1 N–H and O–H groups in total. The first-order valence-electron chi connectivity index (χ1n) is 7.32. The number of rotatable bonds is 7. The van der Waals surface area contributed by atoms with E-state index in [0.717, 1.165) is 18.0 Å². The van der Waals surface area contributed by atoms with Gasteiger partial charge in [0.2, 0.25) is 0 Å². The molecule has 3 heteroatoms. The van der Waals surface area contributed by atoms with Gasteiger partial charge in [-0.25, -0.2) is 0 Å². The van der Waals surface area contributed by atoms with Crippen molar-refractivity contribution in [3.8, 4) is 11.5 Å². The van der Waals surface area contributed by atoms with Gasteiger partial charge in [0.15, 0.2) is 0 Å². The maximum Gasteiger partial charge on any atom is 0.119 e. The molecule has 0 saturated heterocycles. The number of hydrogen-bond donors (Lipinski definition) is 1. The SMILES string of the molecule is CCOc1ccc(CN[C@H](C)c2cccc(OC)c2)cc1. The zero-order valence-corrected chi connectivity index (χ0v) is 12.9. The summed E-state index contributed by atoms with van der Waals surface area (Å²) in [5.74, 6) is 1.81. The highest BCUT2D eigenvalue weighted by Crippen LogP contribution is 2.19. The number of methoxy groups -OCH3 is 1. The molecule has 21 heavy (non-hydrogen) atoms. The minimum Gasteiger partial charge on any atom is -0.497 e. The lowest BCUT2D eigenvalue weighted by atomic mass is 10.1. The Kier molecular flexibility index (Phi) is 5.64. The van der Waals surface area contributed by atoms with Gasteiger partial charge < -0.3 is 14.8 Å². The number of ether oxygens (including phenoxy) is 2. The molecule has 0 aromatic heterocycles. The molecule has 2 rings (SSSR count). The van der Waals surface area contributed by atoms with E-state index >= 15 is 0 Å². The van der Waals surface area contributed by atoms with Crippen molar-refractivity contribution in [3.63, 3.8) is 0 Å². The van der Waals surface area contributed by atoms with E-state index in [2.05, 4.69) is 36.5 Å². The Hall–Kier alpha value is -2.00. The van der Waals surface area contributed by atoms with Gasteiger partial charge in [-0.15, -0.1) is 0 Å². The lowest BCUT2D eigenvalue weighted by Crippen LogP contribution is -2.18. The highest BCUT2D eigenvalue weighted by atomic mass is 16.5. The number of benzene rings is 2. The Morgan fingerprint density at radius 3 is 2.48 bits per heavy atom. The highest BCUT2D eigenvalue weighted by Gasteiger charge is 2.06. The van der Waals surface area contributed by atoms with E-state index in [0.29, 0.717) is 6.61 Å². The van der Waals surface area contributed by atoms with Crippen molar-refractivity contribution in [2.45, 2.75) is 26.4 Å². The molecule has 0 aliphatic carbocycles. The van der Waals surface area contributed by atoms with Gasteiger partial charge in [-0.3, -0.25) is 0 Å². The van der Waals surface area contributed by atoms with Crippen LogP contribution in [0.25, 0.3) is 0 Å². The Morgan fingerprint density at radius 2 is 1.81 bits per heavy atom. The molecule has 0 spiro atoms. The predicted octanol–water partition coefficient (Wildman–Crippen LogP) is 3.94. The first-order valence-corrected chi connectivity index (χ1v) is 7.32. The lowest BCUT2D eigenvalue weighted by molar-refractivity contribution is 0.340. The average molecular weight is 285 g/mol. The fraction of sp³-hybridized carbons (Fsp3) is 0.333. The largest absolute Gasteiger partial charge is 0.497 e. The summed E-state index contributed by atoms with van der Waals surface area (Å²) >= 11 is 0. The zero-order valence-electron chi connectivity index (χ0n) is 12.9. The summed E-state index contributed by atoms with van der Waals surface area (Å²) in [6, 6.07) is 16.6. The fourth-order valence-electron chi connectivity index (χ4n) is 2.17. The Morgan fingerprint density at radius 1 is 1.05 bits per heavy atom. The van der Waals surface area contributed by atoms with Crippen molar-refractivity contribution in [2.75, 3.05) is 13.7 Å². The van der Waals surface area contributed by atoms with Crippen LogP contribution < -0.4 is 14.8 Å². The van der Waals surface area contributed by atoms with Crippen molar-refractivity contribution in [1.29, 1.82) is 0 Å². The predicted molar refractivity (Wildman–Crippen MR) is 85.9 cm³/mol. The van der Waals surface area contributed by atoms with E-state index in [4.69, 9.17) is 9.47 Å². The van der Waals surface area contributed by atoms with Crippen molar-refractivity contribution < 1.29 is 9.47 Å². The Labute approximate surface area is 126 Å². The Balaban J connectivity index is 1.92. The summed E-state index contributed by atoms with van der Waals surface area (Å²) in [5.41, 5.74) is 2.47. The summed E-state index contributed by atoms with van der Waals surface area (Å²) in [6.07, 6.45) is 0. The second-order valence-electron chi connectivity index (χ2n) is 4.96. The third kappa shape index (κ3) is 4.50. The third-order valence-corrected chi connectivity index (χ3v) is 3.44. The van der Waals surface area contributed by atoms with Crippen molar-refractivity contribution in [2.24, 2.45) is 0 Å². The maximum absolute atomic E-state index is 5.45. The van der Waals surface area contributed by atoms with Crippen LogP contribution in [0.15, 0.2) is 48.5 Å². The van der Waals surface area contributed by atoms with Gasteiger partial charge in [-0.2, -0.15) is 0 Å². The van der Waals surface area contributed by atoms with Gasteiger partial charge in [0.25, 0.3) is 0 Å². The van der Waals surface area contributed by atoms with Gasteiger partial charge in [0, 0.05) is 12.6 Å². The molecule has 0 fully saturated rings. The van der Waals surface area contributed by atoms with Crippen molar-refractivity contribution in [3.05, 3.63) is 59.7 Å². The molecule has 1 atom stereocenters. The summed E-state index contributed by atoms with van der Waals surface area (Å²) in [4.78, 5) is 0. The molecule has 112 valence electrons. The molecule has 0 bridgehead atoms. The molecule has 0 unspecified atom stereocenters. The monoisotopic (exact) mass is 285 g/mol. The summed E-state index contributed by atoms with van der Waals surface area (Å²) < 4.78 is 10.7. The normalized spacial score (nSPS) is 12.0. The molecule has 2 aromatic carbocycles. The second kappa shape index (κ2) is 7.70. The molecule has 0 aliphatic heterocycles. The van der Waals surface area contributed by atoms with Crippen LogP contribution in [-0.4, -0.2) is 13.7 Å². The molecule has 0 heterocycles. The molecule has 0 saturated carbocycles. The van der Waals surface area contributed by atoms with Crippen LogP contribution in [0.5, 0.6) is 11.5 Å². The summed E-state index contributed by atoms with van der Waals surface area (Å²) in [5, 5.41) is 3.52. The quantitative estimate of drug-likeness (QED) is 0.835. The van der Waals surface area contributed by atoms with E-state index in [9.17, 15) is 0 Å². The molecule has 2 aromatic rings. The van der Waals surface area contributed by atoms with E-state index in [1.807, 2.05) is 31.2 Å². The van der Waals surface area contributed by atoms with Gasteiger partial charge in [0.05, 0.1) is 13.7 Å². The highest BCUT2D eigenvalue weighted by molar-refractivity contribution is 5.31. The molecule has 3 nitrogen and oxygen atoms in total. The van der Waals surface area contributed by atoms with Gasteiger partial charge in [-0.05, 0) is 49.2 Å². The van der Waals surface area contributed by atoms with Crippen LogP contribution >= 0.6 is 0 Å². The lowest BCUT2D eigenvalue weighted by Gasteiger charge is -2.15. The summed E-state index contributed by atoms with van der Waals surface area (Å²) in [6.45, 7) is 5.67. The molecule has 0 aliphatic rings. The minimum atomic E-state index is 0.270. The van der Waals surface area contributed by atoms with Gasteiger partial charge in [-0.1, -0.05) is 24.3 Å². The molecule has 0 radical (unpaired) electrons. The summed E-state index contributed by atoms with van der Waals surface area (Å²) in [7, 11) is 1.69. The van der Waals surface area contributed by atoms with Crippen LogP contribution in [-0.2, 0) is 6.54 Å². The van der Waals surface area contributed by atoms with E-state index in [-0.39, 0.29) is 6.04 Å². The number of hydrogen-bond acceptors (Lipinski definition) is 3. The Bertz CT molecular complexity index is 551. The first-order chi connectivity index (χ1) is 10.2. The fourth-order valence-corrected chi connectivity index (χ4v) is 2.17. The standard InChI is InChI=1S/C18H23NO2/c1-4-21-17-10-8-15(9-11-17)13-19-14(2)16-6-5-7-18(12-16)20-3/h5-12,14,19H,4,13H2,1-3H3/t14-/m1/s1. The average Bonchev–Trinajstić information content (AvgIpc) is 2.54. The molecular weight excluding hydrogens is 262 g/mol. The second-order valence-corrected chi connectivity index (χ2v) is 4.96. The minimum absolute atomic E-state index is 0.270. The van der Waals surface area contributed by atoms with Crippen LogP contribution in [0.3, 0.4) is 0 Å². The first kappa shape index (κ1) is 15.4. The topological polar surface area (TPSA) is 30.5 Å².